The molecule has 0 aliphatic carbocycles. The topological polar surface area (TPSA) is 77.0 Å². The van der Waals surface area contributed by atoms with Gasteiger partial charge in [-0.25, -0.2) is 4.68 Å². The molecule has 0 atom stereocenters. The van der Waals surface area contributed by atoms with Crippen molar-refractivity contribution in [1.29, 1.82) is 0 Å². The molecule has 24 heavy (non-hydrogen) atoms. The van der Waals surface area contributed by atoms with Gasteiger partial charge in [-0.2, -0.15) is 0 Å². The van der Waals surface area contributed by atoms with Crippen LogP contribution in [-0.2, 0) is 13.1 Å². The second-order valence-electron chi connectivity index (χ2n) is 5.49. The lowest BCUT2D eigenvalue weighted by Gasteiger charge is -2.12. The molecule has 0 unspecified atom stereocenters. The van der Waals surface area contributed by atoms with Crippen LogP contribution in [0.1, 0.15) is 27.5 Å². The molecular formula is C16H16ClN5O2. The molecule has 0 saturated heterocycles. The second kappa shape index (κ2) is 6.84. The molecule has 3 aromatic rings. The number of rotatable bonds is 5. The quantitative estimate of drug-likeness (QED) is 0.710. The van der Waals surface area contributed by atoms with Gasteiger partial charge in [-0.3, -0.25) is 4.79 Å². The molecule has 124 valence electrons. The number of nitrogens with zero attached hydrogens (tertiary/aromatic N) is 5. The van der Waals surface area contributed by atoms with Gasteiger partial charge in [0.1, 0.15) is 0 Å². The zero-order valence-electron chi connectivity index (χ0n) is 13.3. The lowest BCUT2D eigenvalue weighted by atomic mass is 10.2. The number of aryl methyl sites for hydroxylation is 1. The molecule has 0 spiro atoms. The number of hydrogen-bond donors (Lipinski definition) is 0. The van der Waals surface area contributed by atoms with E-state index in [0.29, 0.717) is 23.9 Å². The predicted molar refractivity (Wildman–Crippen MR) is 87.6 cm³/mol. The van der Waals surface area contributed by atoms with Crippen LogP contribution in [0.3, 0.4) is 0 Å². The second-order valence-corrected chi connectivity index (χ2v) is 5.90. The first-order chi connectivity index (χ1) is 11.5. The largest absolute Gasteiger partial charge is 0.359 e. The van der Waals surface area contributed by atoms with E-state index >= 15 is 0 Å². The highest BCUT2D eigenvalue weighted by atomic mass is 35.5. The fourth-order valence-corrected chi connectivity index (χ4v) is 2.46. The zero-order chi connectivity index (χ0) is 17.1. The molecule has 0 aliphatic rings. The lowest BCUT2D eigenvalue weighted by Crippen LogP contribution is -2.26. The van der Waals surface area contributed by atoms with Gasteiger partial charge in [0, 0.05) is 18.1 Å². The summed E-state index contributed by atoms with van der Waals surface area (Å²) < 4.78 is 6.70. The van der Waals surface area contributed by atoms with Gasteiger partial charge in [-0.15, -0.1) is 5.10 Å². The van der Waals surface area contributed by atoms with Gasteiger partial charge >= 0.3 is 0 Å². The number of benzene rings is 1. The van der Waals surface area contributed by atoms with Crippen molar-refractivity contribution in [3.05, 3.63) is 64.3 Å². The standard InChI is InChI=1S/C16H16ClN5O2/c1-11-7-13(24-19-11)9-21(2)16(23)15-10-22(20-18-15)8-12-5-3-4-6-14(12)17/h3-7,10H,8-9H2,1-2H3. The van der Waals surface area contributed by atoms with Crippen molar-refractivity contribution in [3.63, 3.8) is 0 Å². The van der Waals surface area contributed by atoms with Crippen LogP contribution in [0, 0.1) is 6.92 Å². The van der Waals surface area contributed by atoms with Gasteiger partial charge in [0.2, 0.25) is 0 Å². The lowest BCUT2D eigenvalue weighted by molar-refractivity contribution is 0.0766. The average molecular weight is 346 g/mol. The molecule has 2 heterocycles. The minimum absolute atomic E-state index is 0.241. The van der Waals surface area contributed by atoms with E-state index in [0.717, 1.165) is 11.3 Å². The molecule has 3 rings (SSSR count). The molecule has 2 aromatic heterocycles. The molecule has 0 bridgehead atoms. The number of hydrogen-bond acceptors (Lipinski definition) is 5. The Kier molecular flexibility index (Phi) is 4.61. The number of amides is 1. The molecule has 0 aliphatic heterocycles. The van der Waals surface area contributed by atoms with Crippen molar-refractivity contribution >= 4 is 17.5 Å². The average Bonchev–Trinajstić information content (AvgIpc) is 3.18. The smallest absolute Gasteiger partial charge is 0.276 e. The Morgan fingerprint density at radius 3 is 2.88 bits per heavy atom. The normalized spacial score (nSPS) is 10.8. The minimum atomic E-state index is -0.241. The Bertz CT molecular complexity index is 858. The van der Waals surface area contributed by atoms with Crippen LogP contribution in [0.15, 0.2) is 41.1 Å². The van der Waals surface area contributed by atoms with E-state index in [1.807, 2.05) is 31.2 Å². The van der Waals surface area contributed by atoms with Gasteiger partial charge in [-0.05, 0) is 18.6 Å². The van der Waals surface area contributed by atoms with Crippen LogP contribution in [0.4, 0.5) is 0 Å². The molecule has 0 radical (unpaired) electrons. The van der Waals surface area contributed by atoms with Crippen LogP contribution >= 0.6 is 11.6 Å². The summed E-state index contributed by atoms with van der Waals surface area (Å²) in [7, 11) is 1.67. The number of aromatic nitrogens is 4. The van der Waals surface area contributed by atoms with Gasteiger partial charge in [0.25, 0.3) is 5.91 Å². The van der Waals surface area contributed by atoms with Crippen molar-refractivity contribution in [3.8, 4) is 0 Å². The zero-order valence-corrected chi connectivity index (χ0v) is 14.1. The monoisotopic (exact) mass is 345 g/mol. The van der Waals surface area contributed by atoms with E-state index in [1.165, 1.54) is 4.90 Å². The van der Waals surface area contributed by atoms with E-state index in [1.54, 1.807) is 24.0 Å². The van der Waals surface area contributed by atoms with Gasteiger partial charge < -0.3 is 9.42 Å². The molecule has 0 fully saturated rings. The summed E-state index contributed by atoms with van der Waals surface area (Å²) in [5, 5.41) is 12.4. The number of carbonyl (C=O) groups excluding carboxylic acids is 1. The highest BCUT2D eigenvalue weighted by molar-refractivity contribution is 6.31. The first kappa shape index (κ1) is 16.2. The van der Waals surface area contributed by atoms with Crippen molar-refractivity contribution in [2.45, 2.75) is 20.0 Å². The highest BCUT2D eigenvalue weighted by Gasteiger charge is 2.17. The predicted octanol–water partition coefficient (Wildman–Crippen LogP) is 2.55. The maximum absolute atomic E-state index is 12.4. The molecule has 8 heteroatoms. The number of halogens is 1. The van der Waals surface area contributed by atoms with Crippen molar-refractivity contribution in [2.75, 3.05) is 7.05 Å². The molecule has 0 saturated carbocycles. The molecule has 1 aromatic carbocycles. The molecule has 0 N–H and O–H groups in total. The fourth-order valence-electron chi connectivity index (χ4n) is 2.27. The highest BCUT2D eigenvalue weighted by Crippen LogP contribution is 2.16. The minimum Gasteiger partial charge on any atom is -0.359 e. The van der Waals surface area contributed by atoms with Gasteiger partial charge in [0.15, 0.2) is 11.5 Å². The summed E-state index contributed by atoms with van der Waals surface area (Å²) in [6, 6.07) is 9.27. The van der Waals surface area contributed by atoms with E-state index in [4.69, 9.17) is 16.1 Å². The first-order valence-corrected chi connectivity index (χ1v) is 7.72. The third-order valence-electron chi connectivity index (χ3n) is 3.46. The van der Waals surface area contributed by atoms with E-state index in [2.05, 4.69) is 15.5 Å². The van der Waals surface area contributed by atoms with E-state index in [-0.39, 0.29) is 11.6 Å². The summed E-state index contributed by atoms with van der Waals surface area (Å²) in [5.74, 6) is 0.376. The van der Waals surface area contributed by atoms with Crippen LogP contribution in [0.2, 0.25) is 5.02 Å². The van der Waals surface area contributed by atoms with Crippen molar-refractivity contribution in [2.24, 2.45) is 0 Å². The van der Waals surface area contributed by atoms with Crippen LogP contribution in [0.25, 0.3) is 0 Å². The first-order valence-electron chi connectivity index (χ1n) is 7.34. The summed E-state index contributed by atoms with van der Waals surface area (Å²) in [6.07, 6.45) is 1.60. The van der Waals surface area contributed by atoms with E-state index < -0.39 is 0 Å². The van der Waals surface area contributed by atoms with Crippen molar-refractivity contribution in [1.82, 2.24) is 25.1 Å². The summed E-state index contributed by atoms with van der Waals surface area (Å²) >= 11 is 6.13. The number of carbonyl (C=O) groups is 1. The van der Waals surface area contributed by atoms with Crippen LogP contribution in [0.5, 0.6) is 0 Å². The SMILES string of the molecule is Cc1cc(CN(C)C(=O)c2cn(Cc3ccccc3Cl)nn2)on1. The van der Waals surface area contributed by atoms with Gasteiger partial charge in [0.05, 0.1) is 25.0 Å². The van der Waals surface area contributed by atoms with Crippen LogP contribution in [-0.4, -0.2) is 38.0 Å². The molecule has 1 amide bonds. The fraction of sp³-hybridized carbons (Fsp3) is 0.250. The summed E-state index contributed by atoms with van der Waals surface area (Å²) in [4.78, 5) is 13.9. The Balaban J connectivity index is 1.68. The van der Waals surface area contributed by atoms with Gasteiger partial charge in [-0.1, -0.05) is 40.2 Å². The Morgan fingerprint density at radius 2 is 2.17 bits per heavy atom. The van der Waals surface area contributed by atoms with Crippen LogP contribution < -0.4 is 0 Å². The Morgan fingerprint density at radius 1 is 1.38 bits per heavy atom. The third kappa shape index (κ3) is 3.62. The maximum atomic E-state index is 12.4. The Hall–Kier alpha value is -2.67. The van der Waals surface area contributed by atoms with E-state index in [9.17, 15) is 4.79 Å². The van der Waals surface area contributed by atoms with Crippen molar-refractivity contribution < 1.29 is 9.32 Å². The Labute approximate surface area is 143 Å². The third-order valence-corrected chi connectivity index (χ3v) is 3.83. The molecular weight excluding hydrogens is 330 g/mol. The summed E-state index contributed by atoms with van der Waals surface area (Å²) in [6.45, 7) is 2.59. The maximum Gasteiger partial charge on any atom is 0.276 e. The molecule has 7 nitrogen and oxygen atoms in total. The summed E-state index contributed by atoms with van der Waals surface area (Å²) in [5.41, 5.74) is 1.95.